The third-order valence-electron chi connectivity index (χ3n) is 4.24. The first kappa shape index (κ1) is 17.2. The fourth-order valence-corrected chi connectivity index (χ4v) is 2.68. The van der Waals surface area contributed by atoms with Gasteiger partial charge in [-0.2, -0.15) is 5.10 Å². The molecule has 1 aromatic carbocycles. The van der Waals surface area contributed by atoms with Crippen molar-refractivity contribution in [3.05, 3.63) is 53.7 Å². The second-order valence-corrected chi connectivity index (χ2v) is 6.28. The lowest BCUT2D eigenvalue weighted by atomic mass is 10.0. The Morgan fingerprint density at radius 2 is 2.16 bits per heavy atom. The minimum absolute atomic E-state index is 0.0120. The molecule has 0 amide bonds. The summed E-state index contributed by atoms with van der Waals surface area (Å²) in [4.78, 5) is 6.64. The van der Waals surface area contributed by atoms with Gasteiger partial charge in [-0.05, 0) is 44.0 Å². The Kier molecular flexibility index (Phi) is 4.88. The predicted molar refractivity (Wildman–Crippen MR) is 97.6 cm³/mol. The number of aliphatic imine (C=N–C) groups is 1. The number of halogens is 1. The topological polar surface area (TPSA) is 42.6 Å². The summed E-state index contributed by atoms with van der Waals surface area (Å²) in [6.07, 6.45) is 6.57. The van der Waals surface area contributed by atoms with Crippen LogP contribution >= 0.6 is 0 Å². The number of ether oxygens (including phenoxy) is 1. The van der Waals surface area contributed by atoms with E-state index in [0.717, 1.165) is 29.0 Å². The van der Waals surface area contributed by atoms with Crippen molar-refractivity contribution in [2.45, 2.75) is 33.3 Å². The standard InChI is InChI=1S/C19H23FN4O/c1-5-14(3)25-18-7-6-15(8-17(18)20)19-13(2)10-24(12-21-19)16-9-22-23(4)11-16/h6-11,14H,5,12H2,1-4H3/t14-/m1/s1. The average Bonchev–Trinajstić information content (AvgIpc) is 3.03. The number of allylic oxidation sites excluding steroid dienone is 1. The highest BCUT2D eigenvalue weighted by atomic mass is 19.1. The first-order chi connectivity index (χ1) is 12.0. The van der Waals surface area contributed by atoms with Gasteiger partial charge in [-0.1, -0.05) is 6.92 Å². The maximum atomic E-state index is 14.4. The van der Waals surface area contributed by atoms with Crippen molar-refractivity contribution in [1.29, 1.82) is 0 Å². The van der Waals surface area contributed by atoms with Crippen LogP contribution in [0.3, 0.4) is 0 Å². The Bertz CT molecular complexity index is 825. The van der Waals surface area contributed by atoms with Gasteiger partial charge in [-0.25, -0.2) is 4.39 Å². The van der Waals surface area contributed by atoms with Crippen LogP contribution in [0.15, 0.2) is 47.4 Å². The lowest BCUT2D eigenvalue weighted by molar-refractivity contribution is 0.208. The summed E-state index contributed by atoms with van der Waals surface area (Å²) in [6, 6.07) is 5.03. The first-order valence-electron chi connectivity index (χ1n) is 8.43. The van der Waals surface area contributed by atoms with Gasteiger partial charge in [0.2, 0.25) is 0 Å². The SMILES string of the molecule is CC[C@@H](C)Oc1ccc(C2=NCN(c3cnn(C)c3)C=C2C)cc1F. The van der Waals surface area contributed by atoms with Gasteiger partial charge in [0, 0.05) is 25.0 Å². The van der Waals surface area contributed by atoms with Crippen molar-refractivity contribution in [2.75, 3.05) is 11.6 Å². The summed E-state index contributed by atoms with van der Waals surface area (Å²) in [6.45, 7) is 6.39. The molecule has 0 radical (unpaired) electrons. The first-order valence-corrected chi connectivity index (χ1v) is 8.43. The quantitative estimate of drug-likeness (QED) is 0.827. The van der Waals surface area contributed by atoms with E-state index in [9.17, 15) is 4.39 Å². The molecule has 5 nitrogen and oxygen atoms in total. The molecular formula is C19H23FN4O. The molecule has 3 rings (SSSR count). The van der Waals surface area contributed by atoms with Gasteiger partial charge >= 0.3 is 0 Å². The summed E-state index contributed by atoms with van der Waals surface area (Å²) in [5, 5.41) is 4.18. The molecule has 25 heavy (non-hydrogen) atoms. The van der Waals surface area contributed by atoms with Crippen LogP contribution in [0.1, 0.15) is 32.8 Å². The van der Waals surface area contributed by atoms with E-state index in [0.29, 0.717) is 6.67 Å². The Morgan fingerprint density at radius 3 is 2.76 bits per heavy atom. The summed E-state index contributed by atoms with van der Waals surface area (Å²) in [7, 11) is 1.88. The monoisotopic (exact) mass is 342 g/mol. The van der Waals surface area contributed by atoms with Gasteiger partial charge in [0.25, 0.3) is 0 Å². The molecule has 0 N–H and O–H groups in total. The molecule has 6 heteroatoms. The molecular weight excluding hydrogens is 319 g/mol. The van der Waals surface area contributed by atoms with Crippen molar-refractivity contribution in [3.63, 3.8) is 0 Å². The Labute approximate surface area is 147 Å². The molecule has 0 saturated carbocycles. The Balaban J connectivity index is 1.80. The van der Waals surface area contributed by atoms with Gasteiger partial charge in [-0.15, -0.1) is 0 Å². The Morgan fingerprint density at radius 1 is 1.36 bits per heavy atom. The second-order valence-electron chi connectivity index (χ2n) is 6.28. The maximum Gasteiger partial charge on any atom is 0.165 e. The Hall–Kier alpha value is -2.63. The fraction of sp³-hybridized carbons (Fsp3) is 0.368. The highest BCUT2D eigenvalue weighted by Crippen LogP contribution is 2.25. The number of aromatic nitrogens is 2. The maximum absolute atomic E-state index is 14.4. The van der Waals surface area contributed by atoms with Crippen LogP contribution in [0.2, 0.25) is 0 Å². The lowest BCUT2D eigenvalue weighted by Gasteiger charge is -2.23. The normalized spacial score (nSPS) is 15.6. The van der Waals surface area contributed by atoms with Crippen LogP contribution in [0.4, 0.5) is 10.1 Å². The zero-order valence-electron chi connectivity index (χ0n) is 15.0. The number of anilines is 1. The highest BCUT2D eigenvalue weighted by Gasteiger charge is 2.17. The van der Waals surface area contributed by atoms with E-state index in [-0.39, 0.29) is 17.7 Å². The van der Waals surface area contributed by atoms with Gasteiger partial charge in [0.1, 0.15) is 6.67 Å². The summed E-state index contributed by atoms with van der Waals surface area (Å²) in [5.74, 6) is -0.0730. The highest BCUT2D eigenvalue weighted by molar-refractivity contribution is 6.13. The smallest absolute Gasteiger partial charge is 0.165 e. The number of aryl methyl sites for hydroxylation is 1. The van der Waals surface area contributed by atoms with Gasteiger partial charge in [-0.3, -0.25) is 9.67 Å². The van der Waals surface area contributed by atoms with Crippen molar-refractivity contribution >= 4 is 11.4 Å². The largest absolute Gasteiger partial charge is 0.488 e. The summed E-state index contributed by atoms with van der Waals surface area (Å²) in [5.41, 5.74) is 3.51. The predicted octanol–water partition coefficient (Wildman–Crippen LogP) is 3.91. The molecule has 2 aromatic rings. The lowest BCUT2D eigenvalue weighted by Crippen LogP contribution is -2.24. The van der Waals surface area contributed by atoms with Crippen LogP contribution in [-0.2, 0) is 7.05 Å². The van der Waals surface area contributed by atoms with E-state index >= 15 is 0 Å². The molecule has 1 aliphatic rings. The minimum atomic E-state index is -0.358. The van der Waals surface area contributed by atoms with Crippen LogP contribution in [0, 0.1) is 5.82 Å². The number of hydrogen-bond acceptors (Lipinski definition) is 4. The molecule has 0 saturated heterocycles. The second kappa shape index (κ2) is 7.09. The van der Waals surface area contributed by atoms with E-state index in [1.807, 2.05) is 51.2 Å². The van der Waals surface area contributed by atoms with Crippen molar-refractivity contribution in [1.82, 2.24) is 9.78 Å². The van der Waals surface area contributed by atoms with E-state index in [4.69, 9.17) is 4.74 Å². The van der Waals surface area contributed by atoms with Crippen LogP contribution in [0.5, 0.6) is 5.75 Å². The molecule has 0 spiro atoms. The number of nitrogens with zero attached hydrogens (tertiary/aromatic N) is 4. The van der Waals surface area contributed by atoms with Crippen LogP contribution < -0.4 is 9.64 Å². The number of rotatable bonds is 5. The third-order valence-corrected chi connectivity index (χ3v) is 4.24. The molecule has 0 bridgehead atoms. The van der Waals surface area contributed by atoms with E-state index < -0.39 is 0 Å². The third kappa shape index (κ3) is 3.73. The van der Waals surface area contributed by atoms with Crippen molar-refractivity contribution in [3.8, 4) is 5.75 Å². The van der Waals surface area contributed by atoms with E-state index in [2.05, 4.69) is 10.1 Å². The van der Waals surface area contributed by atoms with Gasteiger partial charge < -0.3 is 9.64 Å². The van der Waals surface area contributed by atoms with Crippen molar-refractivity contribution in [2.24, 2.45) is 12.0 Å². The summed E-state index contributed by atoms with van der Waals surface area (Å²) >= 11 is 0. The van der Waals surface area contributed by atoms with Crippen LogP contribution in [-0.4, -0.2) is 28.3 Å². The molecule has 0 unspecified atom stereocenters. The number of hydrogen-bond donors (Lipinski definition) is 0. The van der Waals surface area contributed by atoms with E-state index in [1.165, 1.54) is 6.07 Å². The molecule has 2 heterocycles. The van der Waals surface area contributed by atoms with Crippen LogP contribution in [0.25, 0.3) is 0 Å². The minimum Gasteiger partial charge on any atom is -0.488 e. The van der Waals surface area contributed by atoms with E-state index in [1.54, 1.807) is 16.9 Å². The molecule has 0 fully saturated rings. The molecule has 1 aromatic heterocycles. The molecule has 1 aliphatic heterocycles. The number of benzene rings is 1. The van der Waals surface area contributed by atoms with Crippen molar-refractivity contribution < 1.29 is 9.13 Å². The molecule has 132 valence electrons. The fourth-order valence-electron chi connectivity index (χ4n) is 2.68. The van der Waals surface area contributed by atoms with Gasteiger partial charge in [0.15, 0.2) is 11.6 Å². The molecule has 1 atom stereocenters. The zero-order valence-corrected chi connectivity index (χ0v) is 15.0. The summed E-state index contributed by atoms with van der Waals surface area (Å²) < 4.78 is 21.7. The average molecular weight is 342 g/mol. The molecule has 0 aliphatic carbocycles. The van der Waals surface area contributed by atoms with Gasteiger partial charge in [0.05, 0.1) is 23.7 Å². The zero-order chi connectivity index (χ0) is 18.0.